The monoisotopic (exact) mass is 347 g/mol. The largest absolute Gasteiger partial charge is 0.416 e. The van der Waals surface area contributed by atoms with Crippen LogP contribution in [0.5, 0.6) is 0 Å². The molecule has 3 rings (SSSR count). The molecule has 1 amide bonds. The predicted octanol–water partition coefficient (Wildman–Crippen LogP) is 3.69. The number of hydrogen-bond acceptors (Lipinski definition) is 4. The second-order valence-corrected chi connectivity index (χ2v) is 5.14. The van der Waals surface area contributed by atoms with E-state index in [1.165, 1.54) is 0 Å². The lowest BCUT2D eigenvalue weighted by molar-refractivity contribution is -0.137. The maximum atomic E-state index is 12.5. The zero-order chi connectivity index (χ0) is 17.9. The van der Waals surface area contributed by atoms with E-state index in [4.69, 9.17) is 4.52 Å². The Bertz CT molecular complexity index is 859. The molecule has 0 fully saturated rings. The molecule has 2 aromatic carbocycles. The van der Waals surface area contributed by atoms with E-state index in [-0.39, 0.29) is 18.0 Å². The summed E-state index contributed by atoms with van der Waals surface area (Å²) >= 11 is 0. The van der Waals surface area contributed by atoms with Crippen LogP contribution in [0.2, 0.25) is 0 Å². The Kier molecular flexibility index (Phi) is 4.51. The van der Waals surface area contributed by atoms with Crippen molar-refractivity contribution in [3.63, 3.8) is 0 Å². The molecule has 1 aromatic heterocycles. The average molecular weight is 347 g/mol. The average Bonchev–Trinajstić information content (AvgIpc) is 3.09. The van der Waals surface area contributed by atoms with Gasteiger partial charge >= 0.3 is 6.18 Å². The van der Waals surface area contributed by atoms with Gasteiger partial charge in [0.2, 0.25) is 11.7 Å². The summed E-state index contributed by atoms with van der Waals surface area (Å²) in [5, 5.41) is 6.34. The molecule has 0 saturated heterocycles. The van der Waals surface area contributed by atoms with E-state index >= 15 is 0 Å². The van der Waals surface area contributed by atoms with Crippen LogP contribution in [0.25, 0.3) is 11.4 Å². The molecule has 0 aliphatic carbocycles. The zero-order valence-electron chi connectivity index (χ0n) is 12.7. The van der Waals surface area contributed by atoms with Gasteiger partial charge in [-0.3, -0.25) is 4.79 Å². The highest BCUT2D eigenvalue weighted by Gasteiger charge is 2.30. The summed E-state index contributed by atoms with van der Waals surface area (Å²) in [6, 6.07) is 13.1. The fourth-order valence-corrected chi connectivity index (χ4v) is 2.10. The Balaban J connectivity index is 1.62. The summed E-state index contributed by atoms with van der Waals surface area (Å²) in [5.74, 6) is 0.0479. The van der Waals surface area contributed by atoms with Gasteiger partial charge in [0.15, 0.2) is 0 Å². The minimum atomic E-state index is -4.44. The van der Waals surface area contributed by atoms with Crippen molar-refractivity contribution in [3.05, 3.63) is 71.6 Å². The molecule has 0 unspecified atom stereocenters. The summed E-state index contributed by atoms with van der Waals surface area (Å²) in [6.07, 6.45) is -4.44. The first-order valence-corrected chi connectivity index (χ1v) is 7.27. The summed E-state index contributed by atoms with van der Waals surface area (Å²) in [7, 11) is 0. The predicted molar refractivity (Wildman–Crippen MR) is 82.3 cm³/mol. The van der Waals surface area contributed by atoms with Crippen LogP contribution < -0.4 is 5.32 Å². The molecule has 1 heterocycles. The summed E-state index contributed by atoms with van der Waals surface area (Å²) in [4.78, 5) is 16.1. The number of rotatable bonds is 4. The van der Waals surface area contributed by atoms with Crippen LogP contribution in [0.1, 0.15) is 21.8 Å². The Labute approximate surface area is 140 Å². The highest BCUT2D eigenvalue weighted by Crippen LogP contribution is 2.29. The molecule has 0 aliphatic heterocycles. The third-order valence-electron chi connectivity index (χ3n) is 3.37. The van der Waals surface area contributed by atoms with E-state index in [9.17, 15) is 18.0 Å². The van der Waals surface area contributed by atoms with Crippen molar-refractivity contribution < 1.29 is 22.5 Å². The van der Waals surface area contributed by atoms with Gasteiger partial charge < -0.3 is 9.84 Å². The van der Waals surface area contributed by atoms with E-state index in [1.807, 2.05) is 30.3 Å². The molecule has 0 saturated carbocycles. The van der Waals surface area contributed by atoms with E-state index in [1.54, 1.807) is 0 Å². The number of carbonyl (C=O) groups excluding carboxylic acids is 1. The summed E-state index contributed by atoms with van der Waals surface area (Å²) < 4.78 is 42.6. The molecule has 25 heavy (non-hydrogen) atoms. The molecule has 1 N–H and O–H groups in total. The fraction of sp³-hybridized carbons (Fsp3) is 0.118. The number of benzene rings is 2. The molecule has 128 valence electrons. The lowest BCUT2D eigenvalue weighted by Crippen LogP contribution is -2.23. The zero-order valence-corrected chi connectivity index (χ0v) is 12.7. The van der Waals surface area contributed by atoms with Gasteiger partial charge in [-0.05, 0) is 24.3 Å². The van der Waals surface area contributed by atoms with Crippen LogP contribution in [-0.2, 0) is 12.7 Å². The normalized spacial score (nSPS) is 11.3. The molecular weight excluding hydrogens is 335 g/mol. The van der Waals surface area contributed by atoms with Crippen molar-refractivity contribution in [1.82, 2.24) is 15.5 Å². The highest BCUT2D eigenvalue weighted by molar-refractivity contribution is 5.94. The third kappa shape index (κ3) is 4.03. The number of amides is 1. The standard InChI is InChI=1S/C17H12F3N3O2/c18-17(19,20)13-8-6-12(7-9-13)16(24)21-10-14-22-15(23-25-14)11-4-2-1-3-5-11/h1-9H,10H2,(H,21,24). The lowest BCUT2D eigenvalue weighted by atomic mass is 10.1. The molecule has 0 aliphatic rings. The van der Waals surface area contributed by atoms with Gasteiger partial charge in [-0.15, -0.1) is 0 Å². The van der Waals surface area contributed by atoms with Crippen molar-refractivity contribution in [2.75, 3.05) is 0 Å². The number of hydrogen-bond donors (Lipinski definition) is 1. The van der Waals surface area contributed by atoms with Gasteiger partial charge in [-0.2, -0.15) is 18.2 Å². The van der Waals surface area contributed by atoms with E-state index in [0.29, 0.717) is 5.82 Å². The van der Waals surface area contributed by atoms with E-state index < -0.39 is 17.6 Å². The number of halogens is 3. The first kappa shape index (κ1) is 16.7. The molecule has 3 aromatic rings. The van der Waals surface area contributed by atoms with Crippen LogP contribution in [0.15, 0.2) is 59.1 Å². The maximum Gasteiger partial charge on any atom is 0.416 e. The van der Waals surface area contributed by atoms with Crippen LogP contribution in [-0.4, -0.2) is 16.0 Å². The van der Waals surface area contributed by atoms with E-state index in [0.717, 1.165) is 29.8 Å². The number of aromatic nitrogens is 2. The Hall–Kier alpha value is -3.16. The number of alkyl halides is 3. The third-order valence-corrected chi connectivity index (χ3v) is 3.37. The molecule has 0 spiro atoms. The van der Waals surface area contributed by atoms with Gasteiger partial charge in [-0.1, -0.05) is 35.5 Å². The van der Waals surface area contributed by atoms with Crippen molar-refractivity contribution in [3.8, 4) is 11.4 Å². The van der Waals surface area contributed by atoms with Gasteiger partial charge in [0.05, 0.1) is 12.1 Å². The second-order valence-electron chi connectivity index (χ2n) is 5.14. The Morgan fingerprint density at radius 3 is 2.36 bits per heavy atom. The minimum Gasteiger partial charge on any atom is -0.343 e. The minimum absolute atomic E-state index is 0.0281. The van der Waals surface area contributed by atoms with Gasteiger partial charge in [0.25, 0.3) is 5.91 Å². The Morgan fingerprint density at radius 2 is 1.72 bits per heavy atom. The smallest absolute Gasteiger partial charge is 0.343 e. The van der Waals surface area contributed by atoms with Crippen molar-refractivity contribution in [2.24, 2.45) is 0 Å². The fourth-order valence-electron chi connectivity index (χ4n) is 2.10. The van der Waals surface area contributed by atoms with Crippen molar-refractivity contribution in [1.29, 1.82) is 0 Å². The quantitative estimate of drug-likeness (QED) is 0.782. The Morgan fingerprint density at radius 1 is 1.04 bits per heavy atom. The molecule has 0 bridgehead atoms. The topological polar surface area (TPSA) is 68.0 Å². The molecular formula is C17H12F3N3O2. The first-order valence-electron chi connectivity index (χ1n) is 7.27. The van der Waals surface area contributed by atoms with Gasteiger partial charge in [0, 0.05) is 11.1 Å². The van der Waals surface area contributed by atoms with Crippen LogP contribution in [0.3, 0.4) is 0 Å². The number of carbonyl (C=O) groups is 1. The van der Waals surface area contributed by atoms with Crippen molar-refractivity contribution >= 4 is 5.91 Å². The molecule has 8 heteroatoms. The summed E-state index contributed by atoms with van der Waals surface area (Å²) in [6.45, 7) is -0.0281. The molecule has 5 nitrogen and oxygen atoms in total. The summed E-state index contributed by atoms with van der Waals surface area (Å²) in [5.41, 5.74) is 0.0656. The van der Waals surface area contributed by atoms with Crippen LogP contribution in [0.4, 0.5) is 13.2 Å². The van der Waals surface area contributed by atoms with Gasteiger partial charge in [0.1, 0.15) is 0 Å². The maximum absolute atomic E-state index is 12.5. The van der Waals surface area contributed by atoms with Gasteiger partial charge in [-0.25, -0.2) is 0 Å². The van der Waals surface area contributed by atoms with Crippen LogP contribution in [0, 0.1) is 0 Å². The highest BCUT2D eigenvalue weighted by atomic mass is 19.4. The van der Waals surface area contributed by atoms with E-state index in [2.05, 4.69) is 15.5 Å². The first-order chi connectivity index (χ1) is 11.9. The lowest BCUT2D eigenvalue weighted by Gasteiger charge is -2.07. The second kappa shape index (κ2) is 6.76. The SMILES string of the molecule is O=C(NCc1nc(-c2ccccc2)no1)c1ccc(C(F)(F)F)cc1. The van der Waals surface area contributed by atoms with Crippen molar-refractivity contribution in [2.45, 2.75) is 12.7 Å². The molecule has 0 atom stereocenters. The number of nitrogens with zero attached hydrogens (tertiary/aromatic N) is 2. The van der Waals surface area contributed by atoms with Crippen LogP contribution >= 0.6 is 0 Å². The number of nitrogens with one attached hydrogen (secondary N) is 1. The molecule has 0 radical (unpaired) electrons.